The average Bonchev–Trinajstić information content (AvgIpc) is 2.41. The summed E-state index contributed by atoms with van der Waals surface area (Å²) in [5, 5.41) is 14.3. The lowest BCUT2D eigenvalue weighted by molar-refractivity contribution is -0.401. The van der Waals surface area contributed by atoms with Crippen LogP contribution in [0, 0.1) is 10.1 Å². The molecule has 1 N–H and O–H groups in total. The van der Waals surface area contributed by atoms with Crippen LogP contribution >= 0.6 is 11.6 Å². The van der Waals surface area contributed by atoms with Gasteiger partial charge in [0.05, 0.1) is 4.92 Å². The molecule has 0 aliphatic heterocycles. The van der Waals surface area contributed by atoms with Crippen molar-refractivity contribution in [3.05, 3.63) is 81.5 Å². The number of hydrogen-bond donors (Lipinski definition) is 1. The summed E-state index contributed by atoms with van der Waals surface area (Å²) in [6, 6.07) is 16.1. The zero-order valence-electron chi connectivity index (χ0n) is 9.92. The fourth-order valence-corrected chi connectivity index (χ4v) is 1.72. The van der Waals surface area contributed by atoms with E-state index in [1.807, 2.05) is 18.2 Å². The van der Waals surface area contributed by atoms with E-state index in [0.717, 1.165) is 17.5 Å². The summed E-state index contributed by atoms with van der Waals surface area (Å²) >= 11 is 5.80. The first-order chi connectivity index (χ1) is 9.15. The lowest BCUT2D eigenvalue weighted by Gasteiger charge is -2.09. The van der Waals surface area contributed by atoms with Crippen molar-refractivity contribution in [2.75, 3.05) is 5.32 Å². The Kier molecular flexibility index (Phi) is 4.15. The minimum Gasteiger partial charge on any atom is -0.350 e. The Labute approximate surface area is 115 Å². The molecule has 0 aliphatic rings. The van der Waals surface area contributed by atoms with Gasteiger partial charge in [0.1, 0.15) is 5.70 Å². The summed E-state index contributed by atoms with van der Waals surface area (Å²) in [6.45, 7) is 0. The molecule has 2 aromatic carbocycles. The van der Waals surface area contributed by atoms with Gasteiger partial charge in [-0.3, -0.25) is 10.1 Å². The van der Waals surface area contributed by atoms with Crippen LogP contribution < -0.4 is 5.32 Å². The molecule has 0 saturated carbocycles. The zero-order valence-corrected chi connectivity index (χ0v) is 10.7. The van der Waals surface area contributed by atoms with Crippen molar-refractivity contribution in [1.29, 1.82) is 0 Å². The number of halogens is 1. The molecule has 2 aromatic rings. The van der Waals surface area contributed by atoms with Gasteiger partial charge in [-0.05, 0) is 24.3 Å². The van der Waals surface area contributed by atoms with Gasteiger partial charge in [0.15, 0.2) is 0 Å². The van der Waals surface area contributed by atoms with E-state index >= 15 is 0 Å². The molecule has 2 rings (SSSR count). The van der Waals surface area contributed by atoms with Gasteiger partial charge >= 0.3 is 0 Å². The van der Waals surface area contributed by atoms with Crippen molar-refractivity contribution in [1.82, 2.24) is 0 Å². The first kappa shape index (κ1) is 13.1. The molecule has 0 heterocycles. The minimum absolute atomic E-state index is 0.424. The largest absolute Gasteiger partial charge is 0.350 e. The SMILES string of the molecule is O=[N+]([O-])/C=C(\Nc1ccc(Cl)cc1)c1ccccc1. The molecule has 0 atom stereocenters. The van der Waals surface area contributed by atoms with Gasteiger partial charge in [-0.25, -0.2) is 0 Å². The van der Waals surface area contributed by atoms with E-state index in [2.05, 4.69) is 5.32 Å². The molecule has 0 unspecified atom stereocenters. The van der Waals surface area contributed by atoms with Crippen molar-refractivity contribution in [3.63, 3.8) is 0 Å². The van der Waals surface area contributed by atoms with Crippen LogP contribution in [0.3, 0.4) is 0 Å². The number of rotatable bonds is 4. The second-order valence-corrected chi connectivity index (χ2v) is 4.26. The molecule has 4 nitrogen and oxygen atoms in total. The smallest absolute Gasteiger partial charge is 0.258 e. The molecule has 0 aromatic heterocycles. The third-order valence-electron chi connectivity index (χ3n) is 2.44. The second kappa shape index (κ2) is 6.02. The van der Waals surface area contributed by atoms with Crippen LogP contribution in [0.25, 0.3) is 5.70 Å². The number of benzene rings is 2. The number of nitro groups is 1. The van der Waals surface area contributed by atoms with Crippen molar-refractivity contribution in [2.45, 2.75) is 0 Å². The number of nitrogens with one attached hydrogen (secondary N) is 1. The van der Waals surface area contributed by atoms with Crippen LogP contribution in [0.2, 0.25) is 5.02 Å². The standard InChI is InChI=1S/C14H11ClN2O2/c15-12-6-8-13(9-7-12)16-14(10-17(18)19)11-4-2-1-3-5-11/h1-10,16H/b14-10-. The topological polar surface area (TPSA) is 55.2 Å². The van der Waals surface area contributed by atoms with Crippen molar-refractivity contribution in [2.24, 2.45) is 0 Å². The third kappa shape index (κ3) is 3.82. The van der Waals surface area contributed by atoms with Crippen molar-refractivity contribution >= 4 is 23.0 Å². The Balaban J connectivity index is 2.30. The zero-order chi connectivity index (χ0) is 13.7. The molecule has 5 heteroatoms. The third-order valence-corrected chi connectivity index (χ3v) is 2.69. The van der Waals surface area contributed by atoms with Gasteiger partial charge in [-0.2, -0.15) is 0 Å². The highest BCUT2D eigenvalue weighted by Gasteiger charge is 2.06. The summed E-state index contributed by atoms with van der Waals surface area (Å²) in [5.74, 6) is 0. The van der Waals surface area contributed by atoms with E-state index in [-0.39, 0.29) is 0 Å². The van der Waals surface area contributed by atoms with Crippen molar-refractivity contribution < 1.29 is 4.92 Å². The van der Waals surface area contributed by atoms with E-state index in [1.165, 1.54) is 0 Å². The average molecular weight is 275 g/mol. The maximum atomic E-state index is 10.7. The molecular formula is C14H11ClN2O2. The number of anilines is 1. The van der Waals surface area contributed by atoms with Crippen LogP contribution in [-0.2, 0) is 0 Å². The summed E-state index contributed by atoms with van der Waals surface area (Å²) in [7, 11) is 0. The van der Waals surface area contributed by atoms with Crippen LogP contribution in [0.15, 0.2) is 60.8 Å². The van der Waals surface area contributed by atoms with Gasteiger partial charge in [-0.1, -0.05) is 41.9 Å². The van der Waals surface area contributed by atoms with E-state index in [0.29, 0.717) is 10.7 Å². The molecule has 0 fully saturated rings. The normalized spacial score (nSPS) is 11.1. The highest BCUT2D eigenvalue weighted by atomic mass is 35.5. The molecule has 0 radical (unpaired) electrons. The van der Waals surface area contributed by atoms with Crippen LogP contribution in [0.5, 0.6) is 0 Å². The maximum Gasteiger partial charge on any atom is 0.258 e. The fraction of sp³-hybridized carbons (Fsp3) is 0. The summed E-state index contributed by atoms with van der Waals surface area (Å²) in [4.78, 5) is 10.2. The van der Waals surface area contributed by atoms with E-state index < -0.39 is 4.92 Å². The van der Waals surface area contributed by atoms with Crippen LogP contribution in [-0.4, -0.2) is 4.92 Å². The Morgan fingerprint density at radius 3 is 2.32 bits per heavy atom. The summed E-state index contributed by atoms with van der Waals surface area (Å²) in [6.07, 6.45) is 0.948. The number of hydrogen-bond acceptors (Lipinski definition) is 3. The maximum absolute atomic E-state index is 10.7. The van der Waals surface area contributed by atoms with Gasteiger partial charge in [-0.15, -0.1) is 0 Å². The lowest BCUT2D eigenvalue weighted by Crippen LogP contribution is -2.01. The number of nitrogens with zero attached hydrogens (tertiary/aromatic N) is 1. The fourth-order valence-electron chi connectivity index (χ4n) is 1.59. The first-order valence-electron chi connectivity index (χ1n) is 5.58. The quantitative estimate of drug-likeness (QED) is 0.676. The Bertz CT molecular complexity index is 595. The van der Waals surface area contributed by atoms with Gasteiger partial charge in [0.25, 0.3) is 6.20 Å². The molecule has 0 spiro atoms. The molecule has 96 valence electrons. The molecule has 0 bridgehead atoms. The highest BCUT2D eigenvalue weighted by Crippen LogP contribution is 2.20. The monoisotopic (exact) mass is 274 g/mol. The lowest BCUT2D eigenvalue weighted by atomic mass is 10.1. The summed E-state index contributed by atoms with van der Waals surface area (Å²) in [5.41, 5.74) is 1.91. The van der Waals surface area contributed by atoms with Gasteiger partial charge in [0, 0.05) is 16.3 Å². The highest BCUT2D eigenvalue weighted by molar-refractivity contribution is 6.30. The van der Waals surface area contributed by atoms with E-state index in [9.17, 15) is 10.1 Å². The molecular weight excluding hydrogens is 264 g/mol. The molecule has 0 saturated heterocycles. The van der Waals surface area contributed by atoms with E-state index in [4.69, 9.17) is 11.6 Å². The first-order valence-corrected chi connectivity index (χ1v) is 5.96. The summed E-state index contributed by atoms with van der Waals surface area (Å²) < 4.78 is 0. The predicted molar refractivity (Wildman–Crippen MR) is 76.5 cm³/mol. The van der Waals surface area contributed by atoms with E-state index in [1.54, 1.807) is 36.4 Å². The Morgan fingerprint density at radius 1 is 1.11 bits per heavy atom. The van der Waals surface area contributed by atoms with Crippen LogP contribution in [0.4, 0.5) is 5.69 Å². The minimum atomic E-state index is -0.481. The molecule has 19 heavy (non-hydrogen) atoms. The second-order valence-electron chi connectivity index (χ2n) is 3.83. The van der Waals surface area contributed by atoms with Gasteiger partial charge < -0.3 is 5.32 Å². The molecule has 0 aliphatic carbocycles. The van der Waals surface area contributed by atoms with Crippen molar-refractivity contribution in [3.8, 4) is 0 Å². The Morgan fingerprint density at radius 2 is 1.74 bits per heavy atom. The molecule has 0 amide bonds. The predicted octanol–water partition coefficient (Wildman–Crippen LogP) is 4.03. The Hall–Kier alpha value is -2.33. The van der Waals surface area contributed by atoms with Crippen LogP contribution in [0.1, 0.15) is 5.56 Å². The van der Waals surface area contributed by atoms with Gasteiger partial charge in [0.2, 0.25) is 0 Å².